The molecule has 4 rings (SSSR count). The van der Waals surface area contributed by atoms with Gasteiger partial charge in [0, 0.05) is 18.8 Å². The molecule has 0 N–H and O–H groups in total. The van der Waals surface area contributed by atoms with Gasteiger partial charge in [0.1, 0.15) is 5.82 Å². The maximum absolute atomic E-state index is 13.6. The first kappa shape index (κ1) is 20.9. The van der Waals surface area contributed by atoms with Gasteiger partial charge in [-0.1, -0.05) is 23.5 Å². The van der Waals surface area contributed by atoms with E-state index in [0.29, 0.717) is 20.6 Å². The summed E-state index contributed by atoms with van der Waals surface area (Å²) in [6.07, 6.45) is 3.61. The standard InChI is InChI=1S/C22H21FN4O3S/c1-5-30-21(29)18-13(3)24-22-27(19(18)14-6-8-16(23)9-7-14)20(28)17(31-22)10-15-11-26(4)25-12(15)2/h6-11,19H,5H2,1-4H3/b17-10+/t19-/m1/s1. The number of benzene rings is 1. The van der Waals surface area contributed by atoms with Gasteiger partial charge in [-0.2, -0.15) is 5.10 Å². The van der Waals surface area contributed by atoms with Gasteiger partial charge >= 0.3 is 5.97 Å². The van der Waals surface area contributed by atoms with Gasteiger partial charge in [0.25, 0.3) is 5.56 Å². The van der Waals surface area contributed by atoms with E-state index in [-0.39, 0.29) is 17.7 Å². The molecule has 0 radical (unpaired) electrons. The highest BCUT2D eigenvalue weighted by molar-refractivity contribution is 7.07. The van der Waals surface area contributed by atoms with Crippen LogP contribution in [0.3, 0.4) is 0 Å². The molecule has 1 aliphatic rings. The van der Waals surface area contributed by atoms with E-state index in [0.717, 1.165) is 11.3 Å². The molecule has 31 heavy (non-hydrogen) atoms. The lowest BCUT2D eigenvalue weighted by molar-refractivity contribution is -0.139. The largest absolute Gasteiger partial charge is 0.463 e. The summed E-state index contributed by atoms with van der Waals surface area (Å²) in [6, 6.07) is 5.00. The fourth-order valence-corrected chi connectivity index (χ4v) is 4.69. The Morgan fingerprint density at radius 3 is 2.61 bits per heavy atom. The summed E-state index contributed by atoms with van der Waals surface area (Å²) in [5.74, 6) is -0.947. The SMILES string of the molecule is CCOC(=O)C1=C(C)N=c2s/c(=C/c3cn(C)nc3C)c(=O)n2[C@@H]1c1ccc(F)cc1. The van der Waals surface area contributed by atoms with Crippen LogP contribution in [0.4, 0.5) is 4.39 Å². The monoisotopic (exact) mass is 440 g/mol. The van der Waals surface area contributed by atoms with Crippen molar-refractivity contribution in [1.29, 1.82) is 0 Å². The van der Waals surface area contributed by atoms with Gasteiger partial charge in [0.2, 0.25) is 0 Å². The number of aromatic nitrogens is 3. The second-order valence-corrected chi connectivity index (χ2v) is 8.21. The number of fused-ring (bicyclic) bond motifs is 1. The number of carbonyl (C=O) groups is 1. The number of nitrogens with zero attached hydrogens (tertiary/aromatic N) is 4. The fourth-order valence-electron chi connectivity index (χ4n) is 3.65. The van der Waals surface area contributed by atoms with Crippen molar-refractivity contribution in [3.63, 3.8) is 0 Å². The second kappa shape index (κ2) is 8.07. The van der Waals surface area contributed by atoms with Crippen molar-refractivity contribution in [2.45, 2.75) is 26.8 Å². The third-order valence-corrected chi connectivity index (χ3v) is 6.02. The smallest absolute Gasteiger partial charge is 0.338 e. The van der Waals surface area contributed by atoms with E-state index in [9.17, 15) is 14.0 Å². The van der Waals surface area contributed by atoms with E-state index in [1.807, 2.05) is 20.2 Å². The first-order chi connectivity index (χ1) is 14.8. The average molecular weight is 441 g/mol. The molecule has 3 heterocycles. The van der Waals surface area contributed by atoms with Crippen LogP contribution in [0.5, 0.6) is 0 Å². The summed E-state index contributed by atoms with van der Waals surface area (Å²) in [5.41, 5.74) is 2.68. The first-order valence-corrected chi connectivity index (χ1v) is 10.6. The number of thiazole rings is 1. The van der Waals surface area contributed by atoms with Gasteiger partial charge in [0.15, 0.2) is 4.80 Å². The van der Waals surface area contributed by atoms with Crippen LogP contribution in [-0.4, -0.2) is 26.9 Å². The molecule has 1 aromatic carbocycles. The third kappa shape index (κ3) is 3.76. The molecule has 0 fully saturated rings. The van der Waals surface area contributed by atoms with E-state index < -0.39 is 17.8 Å². The van der Waals surface area contributed by atoms with Crippen LogP contribution in [0.25, 0.3) is 6.08 Å². The predicted molar refractivity (Wildman–Crippen MR) is 115 cm³/mol. The highest BCUT2D eigenvalue weighted by Crippen LogP contribution is 2.30. The lowest BCUT2D eigenvalue weighted by Gasteiger charge is -2.24. The van der Waals surface area contributed by atoms with E-state index in [4.69, 9.17) is 4.74 Å². The van der Waals surface area contributed by atoms with Crippen molar-refractivity contribution in [2.75, 3.05) is 6.61 Å². The Morgan fingerprint density at radius 1 is 1.29 bits per heavy atom. The summed E-state index contributed by atoms with van der Waals surface area (Å²) in [7, 11) is 1.81. The molecule has 0 spiro atoms. The summed E-state index contributed by atoms with van der Waals surface area (Å²) in [4.78, 5) is 31.2. The summed E-state index contributed by atoms with van der Waals surface area (Å²) in [6.45, 7) is 5.49. The van der Waals surface area contributed by atoms with Gasteiger partial charge in [-0.05, 0) is 44.5 Å². The van der Waals surface area contributed by atoms with Crippen molar-refractivity contribution >= 4 is 23.4 Å². The zero-order valence-electron chi connectivity index (χ0n) is 17.5. The molecule has 0 aliphatic carbocycles. The molecule has 3 aromatic rings. The van der Waals surface area contributed by atoms with Crippen LogP contribution in [0.2, 0.25) is 0 Å². The van der Waals surface area contributed by atoms with Crippen LogP contribution in [0, 0.1) is 12.7 Å². The van der Waals surface area contributed by atoms with Crippen LogP contribution >= 0.6 is 11.3 Å². The fraction of sp³-hybridized carbons (Fsp3) is 0.273. The number of hydrogen-bond acceptors (Lipinski definition) is 6. The van der Waals surface area contributed by atoms with E-state index in [1.54, 1.807) is 36.7 Å². The number of hydrogen-bond donors (Lipinski definition) is 0. The lowest BCUT2D eigenvalue weighted by Crippen LogP contribution is -2.39. The van der Waals surface area contributed by atoms with Crippen molar-refractivity contribution in [1.82, 2.24) is 14.3 Å². The molecule has 1 atom stereocenters. The molecule has 2 aromatic heterocycles. The Labute approximate surface area is 181 Å². The van der Waals surface area contributed by atoms with Crippen LogP contribution in [0.1, 0.15) is 36.7 Å². The summed E-state index contributed by atoms with van der Waals surface area (Å²) in [5, 5.41) is 4.31. The van der Waals surface area contributed by atoms with E-state index in [1.165, 1.54) is 28.0 Å². The Morgan fingerprint density at radius 2 is 2.00 bits per heavy atom. The molecule has 0 saturated heterocycles. The lowest BCUT2D eigenvalue weighted by atomic mass is 9.96. The molecule has 0 saturated carbocycles. The molecule has 0 amide bonds. The van der Waals surface area contributed by atoms with Crippen molar-refractivity contribution in [2.24, 2.45) is 12.0 Å². The number of rotatable bonds is 4. The minimum absolute atomic E-state index is 0.191. The zero-order chi connectivity index (χ0) is 22.3. The predicted octanol–water partition coefficient (Wildman–Crippen LogP) is 1.98. The molecular weight excluding hydrogens is 419 g/mol. The Balaban J connectivity index is 1.97. The second-order valence-electron chi connectivity index (χ2n) is 7.20. The molecule has 9 heteroatoms. The first-order valence-electron chi connectivity index (χ1n) is 9.75. The van der Waals surface area contributed by atoms with Crippen LogP contribution in [-0.2, 0) is 16.6 Å². The average Bonchev–Trinajstić information content (AvgIpc) is 3.19. The maximum Gasteiger partial charge on any atom is 0.338 e. The normalized spacial score (nSPS) is 16.3. The number of ether oxygens (including phenoxy) is 1. The molecule has 1 aliphatic heterocycles. The van der Waals surface area contributed by atoms with Crippen molar-refractivity contribution in [3.05, 3.63) is 84.1 Å². The number of allylic oxidation sites excluding steroid dienone is 1. The molecule has 0 bridgehead atoms. The van der Waals surface area contributed by atoms with E-state index >= 15 is 0 Å². The van der Waals surface area contributed by atoms with Crippen molar-refractivity contribution in [3.8, 4) is 0 Å². The molecule has 7 nitrogen and oxygen atoms in total. The van der Waals surface area contributed by atoms with Gasteiger partial charge < -0.3 is 4.74 Å². The topological polar surface area (TPSA) is 78.5 Å². The van der Waals surface area contributed by atoms with Gasteiger partial charge in [0.05, 0.1) is 34.1 Å². The Hall–Kier alpha value is -3.33. The Bertz CT molecular complexity index is 1380. The summed E-state index contributed by atoms with van der Waals surface area (Å²) < 4.78 is 22.4. The highest BCUT2D eigenvalue weighted by Gasteiger charge is 2.33. The van der Waals surface area contributed by atoms with Crippen LogP contribution in [0.15, 0.2) is 51.5 Å². The maximum atomic E-state index is 13.6. The zero-order valence-corrected chi connectivity index (χ0v) is 18.4. The van der Waals surface area contributed by atoms with Gasteiger partial charge in [-0.15, -0.1) is 0 Å². The van der Waals surface area contributed by atoms with Crippen LogP contribution < -0.4 is 14.9 Å². The molecule has 0 unspecified atom stereocenters. The van der Waals surface area contributed by atoms with Gasteiger partial charge in [-0.25, -0.2) is 14.2 Å². The molecule has 160 valence electrons. The quantitative estimate of drug-likeness (QED) is 0.582. The number of aryl methyl sites for hydroxylation is 2. The molecular formula is C22H21FN4O3S. The van der Waals surface area contributed by atoms with E-state index in [2.05, 4.69) is 10.1 Å². The number of esters is 1. The minimum atomic E-state index is -0.756. The highest BCUT2D eigenvalue weighted by atomic mass is 32.1. The number of halogens is 1. The van der Waals surface area contributed by atoms with Crippen molar-refractivity contribution < 1.29 is 13.9 Å². The van der Waals surface area contributed by atoms with Gasteiger partial charge in [-0.3, -0.25) is 14.0 Å². The Kier molecular flexibility index (Phi) is 5.45. The third-order valence-electron chi connectivity index (χ3n) is 5.04. The number of carbonyl (C=O) groups excluding carboxylic acids is 1. The summed E-state index contributed by atoms with van der Waals surface area (Å²) >= 11 is 1.24. The minimum Gasteiger partial charge on any atom is -0.463 e.